The third kappa shape index (κ3) is 3.35. The molecule has 0 aliphatic rings. The van der Waals surface area contributed by atoms with Crippen LogP contribution in [0.25, 0.3) is 11.1 Å². The van der Waals surface area contributed by atoms with Crippen LogP contribution in [0.3, 0.4) is 0 Å². The molecule has 114 valence electrons. The average molecular weight is 305 g/mol. The summed E-state index contributed by atoms with van der Waals surface area (Å²) >= 11 is 0. The highest BCUT2D eigenvalue weighted by Crippen LogP contribution is 2.20. The molecule has 0 fully saturated rings. The van der Waals surface area contributed by atoms with Gasteiger partial charge in [0.25, 0.3) is 11.5 Å². The lowest BCUT2D eigenvalue weighted by atomic mass is 10.0. The number of amides is 1. The second kappa shape index (κ2) is 6.70. The van der Waals surface area contributed by atoms with Gasteiger partial charge in [-0.3, -0.25) is 14.6 Å². The molecule has 5 nitrogen and oxygen atoms in total. The van der Waals surface area contributed by atoms with Gasteiger partial charge in [-0.25, -0.2) is 0 Å². The van der Waals surface area contributed by atoms with E-state index in [0.717, 1.165) is 11.1 Å². The van der Waals surface area contributed by atoms with Crippen molar-refractivity contribution >= 4 is 5.91 Å². The summed E-state index contributed by atoms with van der Waals surface area (Å²) in [5, 5.41) is 2.78. The van der Waals surface area contributed by atoms with Gasteiger partial charge in [-0.2, -0.15) is 0 Å². The molecule has 0 aliphatic heterocycles. The van der Waals surface area contributed by atoms with E-state index >= 15 is 0 Å². The summed E-state index contributed by atoms with van der Waals surface area (Å²) in [5.74, 6) is -0.400. The molecule has 0 radical (unpaired) electrons. The Morgan fingerprint density at radius 3 is 2.52 bits per heavy atom. The van der Waals surface area contributed by atoms with E-state index in [1.54, 1.807) is 24.7 Å². The van der Waals surface area contributed by atoms with Gasteiger partial charge in [-0.05, 0) is 29.3 Å². The lowest BCUT2D eigenvalue weighted by molar-refractivity contribution is 0.0950. The molecule has 1 amide bonds. The number of aromatic nitrogens is 2. The molecule has 0 unspecified atom stereocenters. The van der Waals surface area contributed by atoms with Crippen molar-refractivity contribution in [2.75, 3.05) is 0 Å². The average Bonchev–Trinajstić information content (AvgIpc) is 2.61. The smallest absolute Gasteiger partial charge is 0.261 e. The van der Waals surface area contributed by atoms with E-state index in [4.69, 9.17) is 0 Å². The molecule has 1 aromatic carbocycles. The zero-order valence-corrected chi connectivity index (χ0v) is 12.3. The summed E-state index contributed by atoms with van der Waals surface area (Å²) in [5.41, 5.74) is 2.07. The molecule has 3 aromatic rings. The second-order valence-electron chi connectivity index (χ2n) is 5.00. The molecule has 5 heteroatoms. The first-order valence-electron chi connectivity index (χ1n) is 7.20. The number of hydrogen-bond acceptors (Lipinski definition) is 3. The maximum Gasteiger partial charge on any atom is 0.261 e. The maximum atomic E-state index is 12.5. The molecule has 0 saturated carbocycles. The predicted molar refractivity (Wildman–Crippen MR) is 87.9 cm³/mol. The molecular weight excluding hydrogens is 290 g/mol. The minimum absolute atomic E-state index is 0.118. The van der Waals surface area contributed by atoms with Crippen molar-refractivity contribution in [3.8, 4) is 11.1 Å². The maximum absolute atomic E-state index is 12.5. The SMILES string of the molecule is O=C(NCc1ccncc1)c1c(-c2ccccc2)cc[nH]c1=O. The molecule has 0 aliphatic carbocycles. The molecule has 0 atom stereocenters. The van der Waals surface area contributed by atoms with Crippen LogP contribution in [0.1, 0.15) is 15.9 Å². The number of hydrogen-bond donors (Lipinski definition) is 2. The van der Waals surface area contributed by atoms with Crippen molar-refractivity contribution in [1.82, 2.24) is 15.3 Å². The van der Waals surface area contributed by atoms with Gasteiger partial charge in [-0.15, -0.1) is 0 Å². The number of benzene rings is 1. The fourth-order valence-corrected chi connectivity index (χ4v) is 2.33. The van der Waals surface area contributed by atoms with E-state index in [0.29, 0.717) is 12.1 Å². The Labute approximate surface area is 133 Å². The largest absolute Gasteiger partial charge is 0.348 e. The first kappa shape index (κ1) is 14.7. The van der Waals surface area contributed by atoms with E-state index in [1.807, 2.05) is 42.5 Å². The van der Waals surface area contributed by atoms with Crippen molar-refractivity contribution in [2.45, 2.75) is 6.54 Å². The molecule has 0 saturated heterocycles. The predicted octanol–water partition coefficient (Wildman–Crippen LogP) is 2.37. The summed E-state index contributed by atoms with van der Waals surface area (Å²) in [6.07, 6.45) is 4.86. The van der Waals surface area contributed by atoms with Crippen molar-refractivity contribution < 1.29 is 4.79 Å². The number of H-pyrrole nitrogens is 1. The Bertz CT molecular complexity index is 858. The zero-order chi connectivity index (χ0) is 16.1. The first-order chi connectivity index (χ1) is 11.3. The summed E-state index contributed by atoms with van der Waals surface area (Å²) in [6.45, 7) is 0.337. The lowest BCUT2D eigenvalue weighted by Crippen LogP contribution is -2.30. The number of carbonyl (C=O) groups excluding carboxylic acids is 1. The van der Waals surface area contributed by atoms with Crippen molar-refractivity contribution in [2.24, 2.45) is 0 Å². The topological polar surface area (TPSA) is 74.8 Å². The number of nitrogens with one attached hydrogen (secondary N) is 2. The molecule has 0 spiro atoms. The van der Waals surface area contributed by atoms with Crippen LogP contribution >= 0.6 is 0 Å². The molecule has 3 rings (SSSR count). The molecule has 23 heavy (non-hydrogen) atoms. The monoisotopic (exact) mass is 305 g/mol. The van der Waals surface area contributed by atoms with Crippen LogP contribution in [0.4, 0.5) is 0 Å². The Morgan fingerprint density at radius 2 is 1.78 bits per heavy atom. The Balaban J connectivity index is 1.90. The molecular formula is C18H15N3O2. The van der Waals surface area contributed by atoms with Gasteiger partial charge in [0.15, 0.2) is 0 Å². The zero-order valence-electron chi connectivity index (χ0n) is 12.3. The van der Waals surface area contributed by atoms with Gasteiger partial charge in [0.1, 0.15) is 5.56 Å². The highest BCUT2D eigenvalue weighted by atomic mass is 16.2. The number of rotatable bonds is 4. The standard InChI is InChI=1S/C18H15N3O2/c22-17-16(18(23)21-12-13-6-9-19-10-7-13)15(8-11-20-17)14-4-2-1-3-5-14/h1-11H,12H2,(H,20,22)(H,21,23). The van der Waals surface area contributed by atoms with E-state index in [1.165, 1.54) is 0 Å². The molecule has 2 aromatic heterocycles. The van der Waals surface area contributed by atoms with Gasteiger partial charge in [-0.1, -0.05) is 30.3 Å². The van der Waals surface area contributed by atoms with Gasteiger partial charge in [0.05, 0.1) is 0 Å². The second-order valence-corrected chi connectivity index (χ2v) is 5.00. The van der Waals surface area contributed by atoms with Crippen LogP contribution in [-0.2, 0) is 6.54 Å². The van der Waals surface area contributed by atoms with E-state index in [2.05, 4.69) is 15.3 Å². The third-order valence-corrected chi connectivity index (χ3v) is 3.48. The van der Waals surface area contributed by atoms with Gasteiger partial charge >= 0.3 is 0 Å². The minimum Gasteiger partial charge on any atom is -0.348 e. The van der Waals surface area contributed by atoms with Crippen molar-refractivity contribution in [1.29, 1.82) is 0 Å². The fourth-order valence-electron chi connectivity index (χ4n) is 2.33. The quantitative estimate of drug-likeness (QED) is 0.777. The van der Waals surface area contributed by atoms with Crippen LogP contribution in [-0.4, -0.2) is 15.9 Å². The molecule has 2 N–H and O–H groups in total. The van der Waals surface area contributed by atoms with Gasteiger partial charge < -0.3 is 10.3 Å². The number of aromatic amines is 1. The fraction of sp³-hybridized carbons (Fsp3) is 0.0556. The van der Waals surface area contributed by atoms with Crippen LogP contribution in [0, 0.1) is 0 Å². The summed E-state index contributed by atoms with van der Waals surface area (Å²) < 4.78 is 0. The van der Waals surface area contributed by atoms with Crippen molar-refractivity contribution in [3.63, 3.8) is 0 Å². The highest BCUT2D eigenvalue weighted by Gasteiger charge is 2.16. The van der Waals surface area contributed by atoms with Crippen LogP contribution < -0.4 is 10.9 Å². The van der Waals surface area contributed by atoms with Crippen LogP contribution in [0.5, 0.6) is 0 Å². The number of pyridine rings is 2. The van der Waals surface area contributed by atoms with Crippen LogP contribution in [0.2, 0.25) is 0 Å². The van der Waals surface area contributed by atoms with Gasteiger partial charge in [0.2, 0.25) is 0 Å². The molecule has 2 heterocycles. The third-order valence-electron chi connectivity index (χ3n) is 3.48. The lowest BCUT2D eigenvalue weighted by Gasteiger charge is -2.09. The number of carbonyl (C=O) groups is 1. The normalized spacial score (nSPS) is 10.3. The minimum atomic E-state index is -0.404. The van der Waals surface area contributed by atoms with Gasteiger partial charge in [0, 0.05) is 30.7 Å². The highest BCUT2D eigenvalue weighted by molar-refractivity contribution is 6.00. The summed E-state index contributed by atoms with van der Waals surface area (Å²) in [6, 6.07) is 14.7. The first-order valence-corrected chi connectivity index (χ1v) is 7.20. The Hall–Kier alpha value is -3.21. The molecule has 0 bridgehead atoms. The summed E-state index contributed by atoms with van der Waals surface area (Å²) in [4.78, 5) is 31.1. The van der Waals surface area contributed by atoms with E-state index < -0.39 is 11.5 Å². The Kier molecular flexibility index (Phi) is 4.29. The Morgan fingerprint density at radius 1 is 1.04 bits per heavy atom. The summed E-state index contributed by atoms with van der Waals surface area (Å²) in [7, 11) is 0. The number of nitrogens with zero attached hydrogens (tertiary/aromatic N) is 1. The van der Waals surface area contributed by atoms with Crippen molar-refractivity contribution in [3.05, 3.63) is 88.6 Å². The van der Waals surface area contributed by atoms with E-state index in [9.17, 15) is 9.59 Å². The van der Waals surface area contributed by atoms with Crippen LogP contribution in [0.15, 0.2) is 71.9 Å². The van der Waals surface area contributed by atoms with E-state index in [-0.39, 0.29) is 5.56 Å².